The van der Waals surface area contributed by atoms with Crippen LogP contribution in [0.1, 0.15) is 22.8 Å². The summed E-state index contributed by atoms with van der Waals surface area (Å²) in [5.41, 5.74) is 3.65. The molecule has 0 saturated carbocycles. The number of nitrogens with one attached hydrogen (secondary N) is 2. The molecule has 0 spiro atoms. The molecule has 9 heteroatoms. The highest BCUT2D eigenvalue weighted by Crippen LogP contribution is 2.23. The van der Waals surface area contributed by atoms with Gasteiger partial charge in [0.15, 0.2) is 0 Å². The molecule has 0 fully saturated rings. The van der Waals surface area contributed by atoms with Crippen molar-refractivity contribution in [2.75, 3.05) is 19.5 Å². The van der Waals surface area contributed by atoms with Crippen molar-refractivity contribution in [1.29, 1.82) is 0 Å². The van der Waals surface area contributed by atoms with Crippen LogP contribution in [-0.2, 0) is 9.59 Å². The van der Waals surface area contributed by atoms with Gasteiger partial charge in [0.2, 0.25) is 0 Å². The summed E-state index contributed by atoms with van der Waals surface area (Å²) in [6.45, 7) is 1.61. The number of methoxy groups -OCH3 is 2. The van der Waals surface area contributed by atoms with Gasteiger partial charge in [-0.05, 0) is 49.4 Å². The lowest BCUT2D eigenvalue weighted by Gasteiger charge is -2.11. The van der Waals surface area contributed by atoms with Crippen LogP contribution < -0.4 is 25.0 Å². The van der Waals surface area contributed by atoms with Crippen molar-refractivity contribution in [3.8, 4) is 17.2 Å². The van der Waals surface area contributed by atoms with Gasteiger partial charge in [-0.1, -0.05) is 30.3 Å². The molecule has 2 N–H and O–H groups in total. The van der Waals surface area contributed by atoms with Crippen LogP contribution in [0, 0.1) is 0 Å². The fourth-order valence-electron chi connectivity index (χ4n) is 2.94. The minimum Gasteiger partial charge on any atom is -0.497 e. The lowest BCUT2D eigenvalue weighted by atomic mass is 10.1. The number of carbonyl (C=O) groups is 3. The normalized spacial score (nSPS) is 10.7. The highest BCUT2D eigenvalue weighted by molar-refractivity contribution is 6.39. The molecule has 3 aromatic rings. The number of esters is 1. The SMILES string of the molecule is COc1cccc(C(=O)Oc2ccccc2/C(C)=N/NC(=O)C(=O)Nc2ccccc2OC)c1. The van der Waals surface area contributed by atoms with Crippen LogP contribution in [0.5, 0.6) is 17.2 Å². The number of hydrogen-bond donors (Lipinski definition) is 2. The van der Waals surface area contributed by atoms with E-state index in [0.29, 0.717) is 34.0 Å². The van der Waals surface area contributed by atoms with Gasteiger partial charge >= 0.3 is 17.8 Å². The predicted molar refractivity (Wildman–Crippen MR) is 126 cm³/mol. The molecule has 34 heavy (non-hydrogen) atoms. The van der Waals surface area contributed by atoms with Gasteiger partial charge < -0.3 is 19.5 Å². The van der Waals surface area contributed by atoms with Crippen LogP contribution in [0.25, 0.3) is 0 Å². The number of amides is 2. The summed E-state index contributed by atoms with van der Waals surface area (Å²) in [7, 11) is 2.96. The zero-order valence-corrected chi connectivity index (χ0v) is 18.8. The molecule has 0 aliphatic heterocycles. The van der Waals surface area contributed by atoms with Gasteiger partial charge in [0.25, 0.3) is 0 Å². The zero-order chi connectivity index (χ0) is 24.5. The summed E-state index contributed by atoms with van der Waals surface area (Å²) in [6, 6.07) is 20.0. The third-order valence-electron chi connectivity index (χ3n) is 4.67. The van der Waals surface area contributed by atoms with Gasteiger partial charge in [-0.2, -0.15) is 5.10 Å². The van der Waals surface area contributed by atoms with E-state index in [1.807, 2.05) is 0 Å². The predicted octanol–water partition coefficient (Wildman–Crippen LogP) is 3.40. The van der Waals surface area contributed by atoms with E-state index in [1.165, 1.54) is 14.2 Å². The highest BCUT2D eigenvalue weighted by atomic mass is 16.5. The zero-order valence-electron chi connectivity index (χ0n) is 18.8. The lowest BCUT2D eigenvalue weighted by Crippen LogP contribution is -2.33. The molecule has 0 aliphatic carbocycles. The molecule has 0 bridgehead atoms. The Hall–Kier alpha value is -4.66. The topological polar surface area (TPSA) is 115 Å². The molecule has 0 radical (unpaired) electrons. The summed E-state index contributed by atoms with van der Waals surface area (Å²) in [5.74, 6) is -1.30. The first-order valence-corrected chi connectivity index (χ1v) is 10.2. The number of anilines is 1. The van der Waals surface area contributed by atoms with Crippen molar-refractivity contribution in [1.82, 2.24) is 5.43 Å². The molecule has 0 atom stereocenters. The van der Waals surface area contributed by atoms with Crippen LogP contribution >= 0.6 is 0 Å². The number of para-hydroxylation sites is 3. The summed E-state index contributed by atoms with van der Waals surface area (Å²) < 4.78 is 15.8. The van der Waals surface area contributed by atoms with Crippen molar-refractivity contribution < 1.29 is 28.6 Å². The standard InChI is InChI=1S/C25H23N3O6/c1-16(27-28-24(30)23(29)26-20-12-5-7-14-22(20)33-3)19-11-4-6-13-21(19)34-25(31)17-9-8-10-18(15-17)32-2/h4-15H,1-3H3,(H,26,29)(H,28,30)/b27-16+. The van der Waals surface area contributed by atoms with Gasteiger partial charge in [0, 0.05) is 5.56 Å². The first kappa shape index (κ1) is 24.0. The van der Waals surface area contributed by atoms with Gasteiger partial charge in [-0.25, -0.2) is 10.2 Å². The van der Waals surface area contributed by atoms with E-state index in [0.717, 1.165) is 0 Å². The third kappa shape index (κ3) is 5.98. The van der Waals surface area contributed by atoms with Crippen molar-refractivity contribution in [3.05, 3.63) is 83.9 Å². The monoisotopic (exact) mass is 461 g/mol. The van der Waals surface area contributed by atoms with E-state index in [1.54, 1.807) is 79.7 Å². The van der Waals surface area contributed by atoms with Crippen LogP contribution in [0.3, 0.4) is 0 Å². The number of nitrogens with zero attached hydrogens (tertiary/aromatic N) is 1. The Bertz CT molecular complexity index is 1240. The largest absolute Gasteiger partial charge is 0.497 e. The molecule has 0 unspecified atom stereocenters. The summed E-state index contributed by atoms with van der Waals surface area (Å²) in [4.78, 5) is 37.0. The molecule has 9 nitrogen and oxygen atoms in total. The van der Waals surface area contributed by atoms with E-state index in [9.17, 15) is 14.4 Å². The number of benzene rings is 3. The second kappa shape index (κ2) is 11.3. The maximum atomic E-state index is 12.6. The quantitative estimate of drug-likeness (QED) is 0.183. The molecule has 0 aromatic heterocycles. The second-order valence-electron chi connectivity index (χ2n) is 6.91. The Morgan fingerprint density at radius 3 is 2.24 bits per heavy atom. The molecular weight excluding hydrogens is 438 g/mol. The van der Waals surface area contributed by atoms with E-state index in [-0.39, 0.29) is 5.75 Å². The average Bonchev–Trinajstić information content (AvgIpc) is 2.87. The van der Waals surface area contributed by atoms with E-state index < -0.39 is 17.8 Å². The summed E-state index contributed by atoms with van der Waals surface area (Å²) in [5, 5.41) is 6.45. The van der Waals surface area contributed by atoms with Crippen LogP contribution in [0.2, 0.25) is 0 Å². The molecule has 2 amide bonds. The first-order valence-electron chi connectivity index (χ1n) is 10.2. The summed E-state index contributed by atoms with van der Waals surface area (Å²) in [6.07, 6.45) is 0. The minimum absolute atomic E-state index is 0.240. The van der Waals surface area contributed by atoms with Crippen molar-refractivity contribution in [3.63, 3.8) is 0 Å². The average molecular weight is 461 g/mol. The van der Waals surface area contributed by atoms with Gasteiger partial charge in [-0.15, -0.1) is 0 Å². The van der Waals surface area contributed by atoms with Crippen LogP contribution in [0.15, 0.2) is 77.9 Å². The van der Waals surface area contributed by atoms with Crippen LogP contribution in [-0.4, -0.2) is 37.7 Å². The molecular formula is C25H23N3O6. The Morgan fingerprint density at radius 1 is 0.794 bits per heavy atom. The fourth-order valence-corrected chi connectivity index (χ4v) is 2.94. The Kier molecular flexibility index (Phi) is 7.96. The van der Waals surface area contributed by atoms with Gasteiger partial charge in [0.1, 0.15) is 17.2 Å². The van der Waals surface area contributed by atoms with Gasteiger partial charge in [-0.3, -0.25) is 9.59 Å². The van der Waals surface area contributed by atoms with E-state index >= 15 is 0 Å². The number of hydrazone groups is 1. The van der Waals surface area contributed by atoms with Crippen molar-refractivity contribution in [2.24, 2.45) is 5.10 Å². The van der Waals surface area contributed by atoms with Crippen LogP contribution in [0.4, 0.5) is 5.69 Å². The Labute approximate surface area is 196 Å². The maximum Gasteiger partial charge on any atom is 0.343 e. The smallest absolute Gasteiger partial charge is 0.343 e. The molecule has 0 heterocycles. The number of carbonyl (C=O) groups excluding carboxylic acids is 3. The first-order chi connectivity index (χ1) is 16.4. The van der Waals surface area contributed by atoms with Gasteiger partial charge in [0.05, 0.1) is 31.2 Å². The van der Waals surface area contributed by atoms with Crippen molar-refractivity contribution >= 4 is 29.2 Å². The highest BCUT2D eigenvalue weighted by Gasteiger charge is 2.17. The molecule has 3 rings (SSSR count). The lowest BCUT2D eigenvalue weighted by molar-refractivity contribution is -0.136. The number of rotatable bonds is 7. The van der Waals surface area contributed by atoms with Crippen molar-refractivity contribution in [2.45, 2.75) is 6.92 Å². The van der Waals surface area contributed by atoms with E-state index in [2.05, 4.69) is 15.8 Å². The maximum absolute atomic E-state index is 12.6. The fraction of sp³-hybridized carbons (Fsp3) is 0.120. The molecule has 0 aliphatic rings. The third-order valence-corrected chi connectivity index (χ3v) is 4.67. The summed E-state index contributed by atoms with van der Waals surface area (Å²) >= 11 is 0. The number of hydrogen-bond acceptors (Lipinski definition) is 7. The minimum atomic E-state index is -0.976. The Morgan fingerprint density at radius 2 is 1.50 bits per heavy atom. The molecule has 0 saturated heterocycles. The van der Waals surface area contributed by atoms with E-state index in [4.69, 9.17) is 14.2 Å². The molecule has 3 aromatic carbocycles. The number of ether oxygens (including phenoxy) is 3. The Balaban J connectivity index is 1.70. The molecule has 174 valence electrons. The second-order valence-corrected chi connectivity index (χ2v) is 6.91.